The summed E-state index contributed by atoms with van der Waals surface area (Å²) in [5, 5.41) is 0.0466. The third kappa shape index (κ3) is 2.41. The average molecular weight is 368 g/mol. The smallest absolute Gasteiger partial charge is 0.165 e. The molecular weight excluding hydrogens is 359 g/mol. The molecule has 1 aromatic carbocycles. The SMILES string of the molecule is Nc1nccc(Br)c1-c1nccn1-c1cccc(Cl)c1F. The molecule has 0 fully saturated rings. The average Bonchev–Trinajstić information content (AvgIpc) is 2.91. The molecule has 2 N–H and O–H groups in total. The van der Waals surface area contributed by atoms with Crippen molar-refractivity contribution in [3.8, 4) is 17.1 Å². The van der Waals surface area contributed by atoms with E-state index in [2.05, 4.69) is 25.9 Å². The van der Waals surface area contributed by atoms with Crippen LogP contribution in [0.5, 0.6) is 0 Å². The zero-order valence-corrected chi connectivity index (χ0v) is 12.9. The maximum Gasteiger partial charge on any atom is 0.165 e. The molecule has 0 bridgehead atoms. The van der Waals surface area contributed by atoms with Crippen LogP contribution in [0.4, 0.5) is 10.2 Å². The van der Waals surface area contributed by atoms with Crippen LogP contribution >= 0.6 is 27.5 Å². The number of nitrogens with two attached hydrogens (primary N) is 1. The van der Waals surface area contributed by atoms with Crippen molar-refractivity contribution in [1.82, 2.24) is 14.5 Å². The first kappa shape index (κ1) is 14.0. The Morgan fingerprint density at radius 3 is 2.76 bits per heavy atom. The second-order valence-electron chi connectivity index (χ2n) is 4.25. The number of anilines is 1. The highest BCUT2D eigenvalue weighted by Crippen LogP contribution is 2.33. The molecule has 2 heterocycles. The van der Waals surface area contributed by atoms with Crippen molar-refractivity contribution >= 4 is 33.3 Å². The summed E-state index contributed by atoms with van der Waals surface area (Å²) in [4.78, 5) is 8.30. The molecule has 106 valence electrons. The van der Waals surface area contributed by atoms with Crippen LogP contribution in [0.2, 0.25) is 5.02 Å². The number of nitrogens with zero attached hydrogens (tertiary/aromatic N) is 3. The molecule has 0 saturated heterocycles. The summed E-state index contributed by atoms with van der Waals surface area (Å²) in [6.07, 6.45) is 4.79. The van der Waals surface area contributed by atoms with Crippen molar-refractivity contribution in [1.29, 1.82) is 0 Å². The fourth-order valence-electron chi connectivity index (χ4n) is 2.04. The summed E-state index contributed by atoms with van der Waals surface area (Å²) in [7, 11) is 0. The van der Waals surface area contributed by atoms with Crippen molar-refractivity contribution in [3.05, 3.63) is 58.2 Å². The quantitative estimate of drug-likeness (QED) is 0.743. The van der Waals surface area contributed by atoms with E-state index in [0.717, 1.165) is 4.47 Å². The Labute approximate surface area is 133 Å². The normalized spacial score (nSPS) is 10.8. The van der Waals surface area contributed by atoms with Crippen LogP contribution in [0.15, 0.2) is 47.3 Å². The van der Waals surface area contributed by atoms with Gasteiger partial charge in [-0.05, 0) is 34.1 Å². The maximum absolute atomic E-state index is 14.2. The van der Waals surface area contributed by atoms with Crippen molar-refractivity contribution in [2.75, 3.05) is 5.73 Å². The second-order valence-corrected chi connectivity index (χ2v) is 5.51. The van der Waals surface area contributed by atoms with Crippen molar-refractivity contribution in [2.45, 2.75) is 0 Å². The maximum atomic E-state index is 14.2. The molecule has 7 heteroatoms. The molecule has 0 aliphatic rings. The Kier molecular flexibility index (Phi) is 3.65. The van der Waals surface area contributed by atoms with Crippen molar-refractivity contribution in [3.63, 3.8) is 0 Å². The second kappa shape index (κ2) is 5.46. The van der Waals surface area contributed by atoms with Gasteiger partial charge in [0.15, 0.2) is 5.82 Å². The first-order chi connectivity index (χ1) is 10.1. The van der Waals surface area contributed by atoms with Crippen LogP contribution in [0.25, 0.3) is 17.1 Å². The van der Waals surface area contributed by atoms with Gasteiger partial charge in [0.2, 0.25) is 0 Å². The number of rotatable bonds is 2. The van der Waals surface area contributed by atoms with Gasteiger partial charge in [-0.15, -0.1) is 0 Å². The number of pyridine rings is 1. The van der Waals surface area contributed by atoms with E-state index in [1.807, 2.05) is 0 Å². The molecule has 0 radical (unpaired) electrons. The van der Waals surface area contributed by atoms with Crippen LogP contribution in [0.1, 0.15) is 0 Å². The number of halogens is 3. The summed E-state index contributed by atoms with van der Waals surface area (Å²) >= 11 is 9.25. The van der Waals surface area contributed by atoms with Gasteiger partial charge < -0.3 is 5.73 Å². The van der Waals surface area contributed by atoms with Crippen LogP contribution in [-0.2, 0) is 0 Å². The summed E-state index contributed by atoms with van der Waals surface area (Å²) in [6.45, 7) is 0. The Balaban J connectivity index is 2.25. The van der Waals surface area contributed by atoms with E-state index in [-0.39, 0.29) is 5.02 Å². The lowest BCUT2D eigenvalue weighted by atomic mass is 10.2. The first-order valence-corrected chi connectivity index (χ1v) is 7.14. The van der Waals surface area contributed by atoms with Crippen LogP contribution < -0.4 is 5.73 Å². The van der Waals surface area contributed by atoms with Gasteiger partial charge in [-0.25, -0.2) is 14.4 Å². The number of benzene rings is 1. The highest BCUT2D eigenvalue weighted by atomic mass is 79.9. The van der Waals surface area contributed by atoms with Gasteiger partial charge in [-0.2, -0.15) is 0 Å². The summed E-state index contributed by atoms with van der Waals surface area (Å²) in [5.74, 6) is 0.268. The third-order valence-corrected chi connectivity index (χ3v) is 3.94. The third-order valence-electron chi connectivity index (χ3n) is 2.98. The molecule has 0 spiro atoms. The lowest BCUT2D eigenvalue weighted by molar-refractivity contribution is 0.619. The summed E-state index contributed by atoms with van der Waals surface area (Å²) in [6, 6.07) is 6.53. The summed E-state index contributed by atoms with van der Waals surface area (Å²) in [5.41, 5.74) is 6.81. The number of hydrogen-bond acceptors (Lipinski definition) is 3. The van der Waals surface area contributed by atoms with E-state index in [0.29, 0.717) is 22.9 Å². The Bertz CT molecular complexity index is 798. The lowest BCUT2D eigenvalue weighted by Gasteiger charge is -2.12. The molecular formula is C14H9BrClFN4. The van der Waals surface area contributed by atoms with Crippen LogP contribution in [0.3, 0.4) is 0 Å². The van der Waals surface area contributed by atoms with Crippen LogP contribution in [-0.4, -0.2) is 14.5 Å². The number of hydrogen-bond donors (Lipinski definition) is 1. The number of nitrogen functional groups attached to an aromatic ring is 1. The Morgan fingerprint density at radius 2 is 2.00 bits per heavy atom. The fourth-order valence-corrected chi connectivity index (χ4v) is 2.70. The molecule has 0 atom stereocenters. The standard InChI is InChI=1S/C14H9BrClFN4/c15-8-4-5-19-13(18)11(8)14-20-6-7-21(14)10-3-1-2-9(16)12(10)17/h1-7H,(H2,18,19). The number of imidazole rings is 1. The fraction of sp³-hybridized carbons (Fsp3) is 0. The van der Waals surface area contributed by atoms with Gasteiger partial charge in [0.1, 0.15) is 11.6 Å². The van der Waals surface area contributed by atoms with Crippen LogP contribution in [0, 0.1) is 5.82 Å². The van der Waals surface area contributed by atoms with Gasteiger partial charge in [0.05, 0.1) is 16.3 Å². The van der Waals surface area contributed by atoms with Crippen molar-refractivity contribution < 1.29 is 4.39 Å². The van der Waals surface area contributed by atoms with Gasteiger partial charge in [0, 0.05) is 23.1 Å². The molecule has 3 rings (SSSR count). The molecule has 0 aliphatic heterocycles. The lowest BCUT2D eigenvalue weighted by Crippen LogP contribution is -2.03. The Hall–Kier alpha value is -1.92. The van der Waals surface area contributed by atoms with E-state index in [4.69, 9.17) is 17.3 Å². The van der Waals surface area contributed by atoms with E-state index >= 15 is 0 Å². The minimum Gasteiger partial charge on any atom is -0.383 e. The largest absolute Gasteiger partial charge is 0.383 e. The molecule has 0 aliphatic carbocycles. The molecule has 21 heavy (non-hydrogen) atoms. The van der Waals surface area contributed by atoms with E-state index in [1.165, 1.54) is 6.07 Å². The first-order valence-electron chi connectivity index (χ1n) is 5.97. The highest BCUT2D eigenvalue weighted by Gasteiger charge is 2.17. The molecule has 2 aromatic heterocycles. The zero-order valence-electron chi connectivity index (χ0n) is 10.6. The van der Waals surface area contributed by atoms with E-state index in [9.17, 15) is 4.39 Å². The Morgan fingerprint density at radius 1 is 1.19 bits per heavy atom. The predicted octanol–water partition coefficient (Wildman–Crippen LogP) is 4.07. The minimum absolute atomic E-state index is 0.0466. The number of aromatic nitrogens is 3. The molecule has 4 nitrogen and oxygen atoms in total. The zero-order chi connectivity index (χ0) is 15.0. The van der Waals surface area contributed by atoms with Crippen molar-refractivity contribution in [2.24, 2.45) is 0 Å². The molecule has 3 aromatic rings. The van der Waals surface area contributed by atoms with E-state index < -0.39 is 5.82 Å². The predicted molar refractivity (Wildman–Crippen MR) is 83.9 cm³/mol. The topological polar surface area (TPSA) is 56.7 Å². The monoisotopic (exact) mass is 366 g/mol. The summed E-state index contributed by atoms with van der Waals surface area (Å²) < 4.78 is 16.5. The van der Waals surface area contributed by atoms with Gasteiger partial charge >= 0.3 is 0 Å². The van der Waals surface area contributed by atoms with Gasteiger partial charge in [0.25, 0.3) is 0 Å². The molecule has 0 amide bonds. The highest BCUT2D eigenvalue weighted by molar-refractivity contribution is 9.10. The molecule has 0 saturated carbocycles. The molecule has 0 unspecified atom stereocenters. The minimum atomic E-state index is -0.517. The van der Waals surface area contributed by atoms with Gasteiger partial charge in [-0.1, -0.05) is 17.7 Å². The van der Waals surface area contributed by atoms with E-state index in [1.54, 1.807) is 41.4 Å². The van der Waals surface area contributed by atoms with Gasteiger partial charge in [-0.3, -0.25) is 4.57 Å².